The third kappa shape index (κ3) is 4.19. The monoisotopic (exact) mass is 399 g/mol. The third-order valence-electron chi connectivity index (χ3n) is 3.71. The van der Waals surface area contributed by atoms with Gasteiger partial charge in [0.25, 0.3) is 0 Å². The minimum absolute atomic E-state index is 0.244. The summed E-state index contributed by atoms with van der Waals surface area (Å²) < 4.78 is 1.04. The SMILES string of the molecule is CNC(=O)Nc1ccc(Nc2cc(-c3ccc(Br)cc3)[nH]n2)c(C)c1. The topological polar surface area (TPSA) is 81.8 Å². The van der Waals surface area contributed by atoms with Crippen LogP contribution in [0.1, 0.15) is 5.56 Å². The van der Waals surface area contributed by atoms with Crippen LogP contribution in [0.5, 0.6) is 0 Å². The van der Waals surface area contributed by atoms with Crippen LogP contribution in [0, 0.1) is 6.92 Å². The number of hydrogen-bond acceptors (Lipinski definition) is 3. The number of nitrogens with zero attached hydrogens (tertiary/aromatic N) is 1. The molecule has 25 heavy (non-hydrogen) atoms. The molecule has 0 fully saturated rings. The number of carbonyl (C=O) groups is 1. The lowest BCUT2D eigenvalue weighted by Gasteiger charge is -2.10. The summed E-state index contributed by atoms with van der Waals surface area (Å²) in [6.07, 6.45) is 0. The van der Waals surface area contributed by atoms with Gasteiger partial charge in [-0.25, -0.2) is 4.79 Å². The maximum Gasteiger partial charge on any atom is 0.318 e. The fourth-order valence-electron chi connectivity index (χ4n) is 2.38. The molecular formula is C18H18BrN5O. The fourth-order valence-corrected chi connectivity index (χ4v) is 2.64. The van der Waals surface area contributed by atoms with E-state index in [2.05, 4.69) is 42.1 Å². The van der Waals surface area contributed by atoms with Crippen LogP contribution in [0.25, 0.3) is 11.3 Å². The lowest BCUT2D eigenvalue weighted by atomic mass is 10.1. The average molecular weight is 400 g/mol. The number of benzene rings is 2. The molecule has 1 heterocycles. The van der Waals surface area contributed by atoms with E-state index in [1.807, 2.05) is 55.5 Å². The van der Waals surface area contributed by atoms with Crippen molar-refractivity contribution in [2.24, 2.45) is 0 Å². The summed E-state index contributed by atoms with van der Waals surface area (Å²) in [5, 5.41) is 15.9. The standard InChI is InChI=1S/C18H18BrN5O/c1-11-9-14(21-18(25)20-2)7-8-15(11)22-17-10-16(23-24-17)12-3-5-13(19)6-4-12/h3-10H,1-2H3,(H2,20,21,25)(H2,22,23,24). The largest absolute Gasteiger partial charge is 0.341 e. The van der Waals surface area contributed by atoms with Crippen LogP contribution in [0.15, 0.2) is 53.0 Å². The Kier molecular flexibility index (Phi) is 5.04. The van der Waals surface area contributed by atoms with Crippen molar-refractivity contribution in [1.82, 2.24) is 15.5 Å². The molecule has 3 rings (SSSR count). The zero-order chi connectivity index (χ0) is 17.8. The van der Waals surface area contributed by atoms with E-state index in [9.17, 15) is 4.79 Å². The second kappa shape index (κ2) is 7.40. The molecule has 6 nitrogen and oxygen atoms in total. The van der Waals surface area contributed by atoms with Gasteiger partial charge >= 0.3 is 6.03 Å². The zero-order valence-electron chi connectivity index (χ0n) is 13.9. The molecule has 0 saturated heterocycles. The number of halogens is 1. The smallest absolute Gasteiger partial charge is 0.318 e. The molecule has 3 aromatic rings. The van der Waals surface area contributed by atoms with E-state index in [0.29, 0.717) is 0 Å². The van der Waals surface area contributed by atoms with Gasteiger partial charge in [-0.1, -0.05) is 28.1 Å². The Balaban J connectivity index is 1.74. The van der Waals surface area contributed by atoms with Crippen LogP contribution < -0.4 is 16.0 Å². The van der Waals surface area contributed by atoms with E-state index in [4.69, 9.17) is 0 Å². The number of rotatable bonds is 4. The first-order valence-electron chi connectivity index (χ1n) is 7.73. The van der Waals surface area contributed by atoms with Crippen LogP contribution in [-0.4, -0.2) is 23.3 Å². The minimum Gasteiger partial charge on any atom is -0.341 e. The number of anilines is 3. The number of nitrogens with one attached hydrogen (secondary N) is 4. The zero-order valence-corrected chi connectivity index (χ0v) is 15.4. The minimum atomic E-state index is -0.244. The highest BCUT2D eigenvalue weighted by atomic mass is 79.9. The number of H-pyrrole nitrogens is 1. The van der Waals surface area contributed by atoms with Crippen molar-refractivity contribution in [2.75, 3.05) is 17.7 Å². The first kappa shape index (κ1) is 17.0. The highest BCUT2D eigenvalue weighted by Gasteiger charge is 2.07. The Bertz CT molecular complexity index is 889. The molecule has 1 aromatic heterocycles. The maximum atomic E-state index is 11.4. The Morgan fingerprint density at radius 2 is 1.88 bits per heavy atom. The molecule has 2 aromatic carbocycles. The second-order valence-corrected chi connectivity index (χ2v) is 6.45. The Hall–Kier alpha value is -2.80. The number of hydrogen-bond donors (Lipinski definition) is 4. The van der Waals surface area contributed by atoms with Crippen molar-refractivity contribution in [1.29, 1.82) is 0 Å². The highest BCUT2D eigenvalue weighted by molar-refractivity contribution is 9.10. The van der Waals surface area contributed by atoms with Crippen LogP contribution in [-0.2, 0) is 0 Å². The van der Waals surface area contributed by atoms with Crippen LogP contribution >= 0.6 is 15.9 Å². The van der Waals surface area contributed by atoms with Crippen LogP contribution in [0.3, 0.4) is 0 Å². The number of carbonyl (C=O) groups excluding carboxylic acids is 1. The van der Waals surface area contributed by atoms with Crippen LogP contribution in [0.2, 0.25) is 0 Å². The van der Waals surface area contributed by atoms with Crippen molar-refractivity contribution in [3.05, 3.63) is 58.6 Å². The Morgan fingerprint density at radius 3 is 2.56 bits per heavy atom. The van der Waals surface area contributed by atoms with Gasteiger partial charge in [-0.2, -0.15) is 5.10 Å². The summed E-state index contributed by atoms with van der Waals surface area (Å²) in [6, 6.07) is 15.4. The molecule has 0 aliphatic carbocycles. The van der Waals surface area contributed by atoms with E-state index < -0.39 is 0 Å². The predicted octanol–water partition coefficient (Wildman–Crippen LogP) is 4.64. The van der Waals surface area contributed by atoms with Crippen molar-refractivity contribution in [3.63, 3.8) is 0 Å². The molecule has 0 spiro atoms. The average Bonchev–Trinajstić information content (AvgIpc) is 3.06. The van der Waals surface area contributed by atoms with E-state index >= 15 is 0 Å². The van der Waals surface area contributed by atoms with Crippen molar-refractivity contribution >= 4 is 39.2 Å². The number of amides is 2. The summed E-state index contributed by atoms with van der Waals surface area (Å²) in [6.45, 7) is 1.97. The maximum absolute atomic E-state index is 11.4. The molecule has 0 bridgehead atoms. The molecule has 2 amide bonds. The lowest BCUT2D eigenvalue weighted by Crippen LogP contribution is -2.24. The number of urea groups is 1. The van der Waals surface area contributed by atoms with Gasteiger partial charge in [0.15, 0.2) is 5.82 Å². The molecular weight excluding hydrogens is 382 g/mol. The molecule has 0 unspecified atom stereocenters. The van der Waals surface area contributed by atoms with Gasteiger partial charge in [0.05, 0.1) is 5.69 Å². The van der Waals surface area contributed by atoms with Crippen molar-refractivity contribution < 1.29 is 4.79 Å². The van der Waals surface area contributed by atoms with Gasteiger partial charge in [0.2, 0.25) is 0 Å². The van der Waals surface area contributed by atoms with Crippen LogP contribution in [0.4, 0.5) is 22.0 Å². The number of aromatic nitrogens is 2. The molecule has 0 aliphatic heterocycles. The van der Waals surface area contributed by atoms with E-state index in [0.717, 1.165) is 38.5 Å². The van der Waals surface area contributed by atoms with Crippen molar-refractivity contribution in [3.8, 4) is 11.3 Å². The van der Waals surface area contributed by atoms with Crippen molar-refractivity contribution in [2.45, 2.75) is 6.92 Å². The fraction of sp³-hybridized carbons (Fsp3) is 0.111. The van der Waals surface area contributed by atoms with Gasteiger partial charge in [-0.3, -0.25) is 5.10 Å². The quantitative estimate of drug-likeness (QED) is 0.515. The second-order valence-electron chi connectivity index (χ2n) is 5.53. The van der Waals surface area contributed by atoms with Gasteiger partial charge in [0.1, 0.15) is 0 Å². The Morgan fingerprint density at radius 1 is 1.12 bits per heavy atom. The molecule has 0 saturated carbocycles. The molecule has 0 aliphatic rings. The molecule has 0 atom stereocenters. The van der Waals surface area contributed by atoms with E-state index in [1.54, 1.807) is 7.05 Å². The summed E-state index contributed by atoms with van der Waals surface area (Å²) in [5.74, 6) is 0.730. The van der Waals surface area contributed by atoms with E-state index in [-0.39, 0.29) is 6.03 Å². The predicted molar refractivity (Wildman–Crippen MR) is 104 cm³/mol. The molecule has 0 radical (unpaired) electrons. The number of aryl methyl sites for hydroxylation is 1. The molecule has 7 heteroatoms. The summed E-state index contributed by atoms with van der Waals surface area (Å²) in [7, 11) is 1.58. The summed E-state index contributed by atoms with van der Waals surface area (Å²) in [4.78, 5) is 11.4. The normalized spacial score (nSPS) is 10.4. The van der Waals surface area contributed by atoms with Gasteiger partial charge in [0, 0.05) is 29.0 Å². The number of aromatic amines is 1. The van der Waals surface area contributed by atoms with E-state index in [1.165, 1.54) is 0 Å². The molecule has 128 valence electrons. The highest BCUT2D eigenvalue weighted by Crippen LogP contribution is 2.26. The summed E-state index contributed by atoms with van der Waals surface area (Å²) >= 11 is 3.43. The van der Waals surface area contributed by atoms with Gasteiger partial charge < -0.3 is 16.0 Å². The Labute approximate surface area is 154 Å². The first-order chi connectivity index (χ1) is 12.0. The van der Waals surface area contributed by atoms with Gasteiger partial charge in [-0.15, -0.1) is 0 Å². The van der Waals surface area contributed by atoms with Gasteiger partial charge in [-0.05, 0) is 48.4 Å². The first-order valence-corrected chi connectivity index (χ1v) is 8.52. The third-order valence-corrected chi connectivity index (χ3v) is 4.24. The molecule has 4 N–H and O–H groups in total. The lowest BCUT2D eigenvalue weighted by molar-refractivity contribution is 0.254. The summed E-state index contributed by atoms with van der Waals surface area (Å²) in [5.41, 5.74) is 4.66.